The fourth-order valence-corrected chi connectivity index (χ4v) is 4.04. The molecule has 0 aromatic carbocycles. The predicted molar refractivity (Wildman–Crippen MR) is 135 cm³/mol. The van der Waals surface area contributed by atoms with Crippen LogP contribution in [0.3, 0.4) is 0 Å². The molecule has 2 aromatic heterocycles. The second-order valence-electron chi connectivity index (χ2n) is 7.49. The van der Waals surface area contributed by atoms with Crippen LogP contribution in [0.25, 0.3) is 0 Å². The molecule has 2 N–H and O–H groups in total. The lowest BCUT2D eigenvalue weighted by Crippen LogP contribution is -2.48. The molecule has 1 aliphatic rings. The standard InChI is InChI=1S/C22H35N7.HI/c1-5-19-18(20(6-2)28(4)27-19)16-25-22(23-7-3)26-17-11-14-29(15-12-17)21-10-8-9-13-24-21;/h8-10,13,17H,5-7,11-12,14-16H2,1-4H3,(H2,23,25,26);1H. The van der Waals surface area contributed by atoms with Crippen LogP contribution in [0.5, 0.6) is 0 Å². The van der Waals surface area contributed by atoms with Crippen molar-refractivity contribution >= 4 is 35.8 Å². The fraction of sp³-hybridized carbons (Fsp3) is 0.591. The van der Waals surface area contributed by atoms with E-state index < -0.39 is 0 Å². The van der Waals surface area contributed by atoms with Gasteiger partial charge in [-0.1, -0.05) is 19.9 Å². The zero-order valence-corrected chi connectivity index (χ0v) is 21.0. The Morgan fingerprint density at radius 3 is 2.53 bits per heavy atom. The van der Waals surface area contributed by atoms with E-state index in [4.69, 9.17) is 4.99 Å². The van der Waals surface area contributed by atoms with Gasteiger partial charge in [0.1, 0.15) is 5.82 Å². The molecule has 1 saturated heterocycles. The van der Waals surface area contributed by atoms with Crippen molar-refractivity contribution in [3.8, 4) is 0 Å². The Hall–Kier alpha value is -1.84. The molecule has 0 unspecified atom stereocenters. The van der Waals surface area contributed by atoms with Crippen molar-refractivity contribution in [1.29, 1.82) is 0 Å². The number of halogens is 1. The summed E-state index contributed by atoms with van der Waals surface area (Å²) in [5, 5.41) is 11.7. The van der Waals surface area contributed by atoms with E-state index in [1.54, 1.807) is 0 Å². The number of anilines is 1. The Balaban J connectivity index is 0.00000320. The number of piperidine rings is 1. The summed E-state index contributed by atoms with van der Waals surface area (Å²) in [6.45, 7) is 10.00. The maximum absolute atomic E-state index is 4.90. The Kier molecular flexibility index (Phi) is 9.87. The van der Waals surface area contributed by atoms with Crippen molar-refractivity contribution in [2.45, 2.75) is 59.0 Å². The summed E-state index contributed by atoms with van der Waals surface area (Å²) in [6, 6.07) is 6.53. The SMILES string of the molecule is CCNC(=NCc1c(CC)nn(C)c1CC)NC1CCN(c2ccccn2)CC1.I. The Morgan fingerprint density at radius 1 is 1.17 bits per heavy atom. The van der Waals surface area contributed by atoms with Gasteiger partial charge in [-0.05, 0) is 44.7 Å². The maximum Gasteiger partial charge on any atom is 0.191 e. The molecular formula is C22H36IN7. The number of aromatic nitrogens is 3. The summed E-state index contributed by atoms with van der Waals surface area (Å²) < 4.78 is 2.01. The number of nitrogens with zero attached hydrogens (tertiary/aromatic N) is 5. The van der Waals surface area contributed by atoms with Gasteiger partial charge in [0.25, 0.3) is 0 Å². The van der Waals surface area contributed by atoms with E-state index in [9.17, 15) is 0 Å². The molecule has 0 aliphatic carbocycles. The van der Waals surface area contributed by atoms with Gasteiger partial charge in [0.05, 0.1) is 12.2 Å². The Labute approximate surface area is 197 Å². The number of nitrogens with one attached hydrogen (secondary N) is 2. The van der Waals surface area contributed by atoms with E-state index in [0.717, 1.165) is 62.8 Å². The molecule has 2 aromatic rings. The molecule has 8 heteroatoms. The second-order valence-corrected chi connectivity index (χ2v) is 7.49. The van der Waals surface area contributed by atoms with Crippen molar-refractivity contribution in [2.24, 2.45) is 12.0 Å². The van der Waals surface area contributed by atoms with Crippen LogP contribution in [0.1, 0.15) is 50.6 Å². The first-order valence-electron chi connectivity index (χ1n) is 10.9. The molecule has 3 rings (SSSR count). The quantitative estimate of drug-likeness (QED) is 0.330. The highest BCUT2D eigenvalue weighted by Gasteiger charge is 2.21. The van der Waals surface area contributed by atoms with Crippen LogP contribution in [0.2, 0.25) is 0 Å². The topological polar surface area (TPSA) is 70.4 Å². The van der Waals surface area contributed by atoms with Gasteiger partial charge in [0, 0.05) is 50.2 Å². The number of aryl methyl sites for hydroxylation is 2. The molecular weight excluding hydrogens is 489 g/mol. The van der Waals surface area contributed by atoms with Crippen molar-refractivity contribution in [3.63, 3.8) is 0 Å². The van der Waals surface area contributed by atoms with Crippen LogP contribution in [-0.2, 0) is 26.4 Å². The third kappa shape index (κ3) is 6.09. The first-order valence-corrected chi connectivity index (χ1v) is 10.9. The molecule has 0 radical (unpaired) electrons. The molecule has 30 heavy (non-hydrogen) atoms. The van der Waals surface area contributed by atoms with Gasteiger partial charge in [-0.2, -0.15) is 5.10 Å². The van der Waals surface area contributed by atoms with Gasteiger partial charge in [-0.25, -0.2) is 9.98 Å². The third-order valence-electron chi connectivity index (χ3n) is 5.58. The first kappa shape index (κ1) is 24.4. The number of hydrogen-bond donors (Lipinski definition) is 2. The minimum Gasteiger partial charge on any atom is -0.357 e. The van der Waals surface area contributed by atoms with Gasteiger partial charge in [0.2, 0.25) is 0 Å². The largest absolute Gasteiger partial charge is 0.357 e. The molecule has 0 spiro atoms. The predicted octanol–water partition coefficient (Wildman–Crippen LogP) is 3.28. The minimum atomic E-state index is 0. The zero-order chi connectivity index (χ0) is 20.6. The zero-order valence-electron chi connectivity index (χ0n) is 18.7. The molecule has 3 heterocycles. The van der Waals surface area contributed by atoms with Crippen LogP contribution in [0.15, 0.2) is 29.4 Å². The molecule has 0 saturated carbocycles. The molecule has 166 valence electrons. The third-order valence-corrected chi connectivity index (χ3v) is 5.58. The van der Waals surface area contributed by atoms with Gasteiger partial charge in [-0.3, -0.25) is 4.68 Å². The lowest BCUT2D eigenvalue weighted by Gasteiger charge is -2.33. The summed E-state index contributed by atoms with van der Waals surface area (Å²) in [6.07, 6.45) is 5.94. The van der Waals surface area contributed by atoms with E-state index in [1.807, 2.05) is 24.0 Å². The van der Waals surface area contributed by atoms with Crippen LogP contribution in [0.4, 0.5) is 5.82 Å². The van der Waals surface area contributed by atoms with Crippen LogP contribution < -0.4 is 15.5 Å². The molecule has 0 atom stereocenters. The van der Waals surface area contributed by atoms with E-state index in [0.29, 0.717) is 12.6 Å². The summed E-state index contributed by atoms with van der Waals surface area (Å²) in [5.41, 5.74) is 3.72. The maximum atomic E-state index is 4.90. The average Bonchev–Trinajstić information content (AvgIpc) is 3.07. The lowest BCUT2D eigenvalue weighted by molar-refractivity contribution is 0.459. The lowest BCUT2D eigenvalue weighted by atomic mass is 10.1. The van der Waals surface area contributed by atoms with Crippen molar-refractivity contribution < 1.29 is 0 Å². The molecule has 1 fully saturated rings. The Bertz CT molecular complexity index is 795. The van der Waals surface area contributed by atoms with E-state index >= 15 is 0 Å². The van der Waals surface area contributed by atoms with E-state index in [1.165, 1.54) is 11.3 Å². The van der Waals surface area contributed by atoms with Crippen molar-refractivity contribution in [1.82, 2.24) is 25.4 Å². The van der Waals surface area contributed by atoms with Gasteiger partial charge in [-0.15, -0.1) is 24.0 Å². The highest BCUT2D eigenvalue weighted by Crippen LogP contribution is 2.18. The van der Waals surface area contributed by atoms with E-state index in [-0.39, 0.29) is 24.0 Å². The summed E-state index contributed by atoms with van der Waals surface area (Å²) >= 11 is 0. The second kappa shape index (κ2) is 12.1. The number of hydrogen-bond acceptors (Lipinski definition) is 4. The monoisotopic (exact) mass is 525 g/mol. The van der Waals surface area contributed by atoms with Gasteiger partial charge < -0.3 is 15.5 Å². The number of aliphatic imine (C=N–C) groups is 1. The molecule has 1 aliphatic heterocycles. The number of rotatable bonds is 7. The minimum absolute atomic E-state index is 0. The Morgan fingerprint density at radius 2 is 1.93 bits per heavy atom. The highest BCUT2D eigenvalue weighted by atomic mass is 127. The van der Waals surface area contributed by atoms with Crippen LogP contribution in [-0.4, -0.2) is 46.4 Å². The number of pyridine rings is 1. The number of guanidine groups is 1. The molecule has 7 nitrogen and oxygen atoms in total. The van der Waals surface area contributed by atoms with Crippen molar-refractivity contribution in [2.75, 3.05) is 24.5 Å². The highest BCUT2D eigenvalue weighted by molar-refractivity contribution is 14.0. The summed E-state index contributed by atoms with van der Waals surface area (Å²) in [7, 11) is 2.03. The van der Waals surface area contributed by atoms with E-state index in [2.05, 4.69) is 58.5 Å². The average molecular weight is 525 g/mol. The van der Waals surface area contributed by atoms with Crippen molar-refractivity contribution in [3.05, 3.63) is 41.3 Å². The first-order chi connectivity index (χ1) is 14.2. The fourth-order valence-electron chi connectivity index (χ4n) is 4.04. The normalized spacial score (nSPS) is 15.1. The van der Waals surface area contributed by atoms with Crippen LogP contribution >= 0.6 is 24.0 Å². The van der Waals surface area contributed by atoms with Crippen LogP contribution in [0, 0.1) is 0 Å². The summed E-state index contributed by atoms with van der Waals surface area (Å²) in [4.78, 5) is 11.7. The summed E-state index contributed by atoms with van der Waals surface area (Å²) in [5.74, 6) is 1.97. The van der Waals surface area contributed by atoms with Gasteiger partial charge >= 0.3 is 0 Å². The van der Waals surface area contributed by atoms with Gasteiger partial charge in [0.15, 0.2) is 5.96 Å². The smallest absolute Gasteiger partial charge is 0.191 e. The molecule has 0 amide bonds. The molecule has 0 bridgehead atoms.